The van der Waals surface area contributed by atoms with Crippen LogP contribution in [0.25, 0.3) is 0 Å². The molecule has 1 heterocycles. The Balaban J connectivity index is 1.49. The number of quaternary nitrogens is 1. The van der Waals surface area contributed by atoms with Crippen LogP contribution in [0.1, 0.15) is 35.7 Å². The number of anilines is 1. The lowest BCUT2D eigenvalue weighted by atomic mass is 10.0. The number of para-hydroxylation sites is 1. The number of benzene rings is 2. The van der Waals surface area contributed by atoms with E-state index in [9.17, 15) is 9.59 Å². The number of piperazine rings is 1. The molecular weight excluding hydrogens is 374 g/mol. The summed E-state index contributed by atoms with van der Waals surface area (Å²) in [6.45, 7) is 7.47. The van der Waals surface area contributed by atoms with E-state index in [2.05, 4.69) is 19.2 Å². The van der Waals surface area contributed by atoms with Gasteiger partial charge < -0.3 is 15.1 Å². The second kappa shape index (κ2) is 9.22. The van der Waals surface area contributed by atoms with Gasteiger partial charge in [0.2, 0.25) is 0 Å². The number of rotatable bonds is 5. The van der Waals surface area contributed by atoms with E-state index in [-0.39, 0.29) is 11.8 Å². The SMILES string of the molecule is CC(C)c1ccc(C(=O)N2CC[NH+](CC(=O)Nc3ccccc3Cl)CC2)cc1. The minimum absolute atomic E-state index is 0.0628. The van der Waals surface area contributed by atoms with Gasteiger partial charge >= 0.3 is 0 Å². The number of nitrogens with one attached hydrogen (secondary N) is 2. The maximum Gasteiger partial charge on any atom is 0.279 e. The van der Waals surface area contributed by atoms with Gasteiger partial charge in [-0.1, -0.05) is 49.7 Å². The van der Waals surface area contributed by atoms with Gasteiger partial charge in [-0.25, -0.2) is 0 Å². The fourth-order valence-corrected chi connectivity index (χ4v) is 3.56. The second-order valence-corrected chi connectivity index (χ2v) is 7.93. The first-order chi connectivity index (χ1) is 13.4. The van der Waals surface area contributed by atoms with Crippen molar-refractivity contribution in [3.63, 3.8) is 0 Å². The van der Waals surface area contributed by atoms with E-state index < -0.39 is 0 Å². The monoisotopic (exact) mass is 400 g/mol. The third kappa shape index (κ3) is 5.12. The average Bonchev–Trinajstić information content (AvgIpc) is 2.70. The van der Waals surface area contributed by atoms with E-state index in [1.165, 1.54) is 10.5 Å². The molecule has 2 aromatic carbocycles. The number of nitrogens with zero attached hydrogens (tertiary/aromatic N) is 1. The summed E-state index contributed by atoms with van der Waals surface area (Å²) in [6, 6.07) is 15.1. The van der Waals surface area contributed by atoms with Gasteiger partial charge in [0.25, 0.3) is 11.8 Å². The average molecular weight is 401 g/mol. The van der Waals surface area contributed by atoms with Crippen molar-refractivity contribution in [3.8, 4) is 0 Å². The maximum absolute atomic E-state index is 12.7. The summed E-state index contributed by atoms with van der Waals surface area (Å²) in [5.41, 5.74) is 2.59. The topological polar surface area (TPSA) is 53.9 Å². The minimum atomic E-state index is -0.0628. The zero-order chi connectivity index (χ0) is 20.1. The molecule has 3 rings (SSSR count). The maximum atomic E-state index is 12.7. The fraction of sp³-hybridized carbons (Fsp3) is 0.364. The molecule has 28 heavy (non-hydrogen) atoms. The van der Waals surface area contributed by atoms with E-state index in [0.29, 0.717) is 36.3 Å². The van der Waals surface area contributed by atoms with Crippen molar-refractivity contribution < 1.29 is 14.5 Å². The first-order valence-corrected chi connectivity index (χ1v) is 10.1. The van der Waals surface area contributed by atoms with E-state index in [0.717, 1.165) is 18.7 Å². The van der Waals surface area contributed by atoms with Gasteiger partial charge in [-0.05, 0) is 35.7 Å². The highest BCUT2D eigenvalue weighted by atomic mass is 35.5. The molecule has 0 aromatic heterocycles. The Morgan fingerprint density at radius 1 is 1.07 bits per heavy atom. The Morgan fingerprint density at radius 2 is 1.71 bits per heavy atom. The van der Waals surface area contributed by atoms with Crippen LogP contribution in [-0.4, -0.2) is 49.4 Å². The lowest BCUT2D eigenvalue weighted by molar-refractivity contribution is -0.895. The number of hydrogen-bond donors (Lipinski definition) is 2. The molecule has 1 aliphatic heterocycles. The quantitative estimate of drug-likeness (QED) is 0.810. The molecule has 0 spiro atoms. The molecule has 0 saturated carbocycles. The van der Waals surface area contributed by atoms with Crippen LogP contribution in [0.2, 0.25) is 5.02 Å². The van der Waals surface area contributed by atoms with Crippen molar-refractivity contribution in [2.75, 3.05) is 38.0 Å². The first kappa shape index (κ1) is 20.4. The Kier molecular flexibility index (Phi) is 6.70. The number of amides is 2. The molecule has 5 nitrogen and oxygen atoms in total. The number of carbonyl (C=O) groups is 2. The smallest absolute Gasteiger partial charge is 0.279 e. The lowest BCUT2D eigenvalue weighted by Crippen LogP contribution is -3.15. The van der Waals surface area contributed by atoms with Crippen molar-refractivity contribution in [3.05, 3.63) is 64.7 Å². The molecule has 2 aromatic rings. The molecule has 6 heteroatoms. The van der Waals surface area contributed by atoms with Crippen LogP contribution in [0, 0.1) is 0 Å². The molecule has 0 radical (unpaired) electrons. The highest BCUT2D eigenvalue weighted by Gasteiger charge is 2.26. The summed E-state index contributed by atoms with van der Waals surface area (Å²) in [7, 11) is 0. The summed E-state index contributed by atoms with van der Waals surface area (Å²) in [5, 5.41) is 3.39. The van der Waals surface area contributed by atoms with Crippen LogP contribution in [0.15, 0.2) is 48.5 Å². The van der Waals surface area contributed by atoms with Gasteiger partial charge in [0, 0.05) is 5.56 Å². The van der Waals surface area contributed by atoms with Gasteiger partial charge in [0.1, 0.15) is 0 Å². The van der Waals surface area contributed by atoms with Crippen LogP contribution in [-0.2, 0) is 4.79 Å². The zero-order valence-electron chi connectivity index (χ0n) is 16.4. The van der Waals surface area contributed by atoms with Crippen LogP contribution in [0.4, 0.5) is 5.69 Å². The standard InChI is InChI=1S/C22H26ClN3O2/c1-16(2)17-7-9-18(10-8-17)22(28)26-13-11-25(12-14-26)15-21(27)24-20-6-4-3-5-19(20)23/h3-10,16H,11-15H2,1-2H3,(H,24,27)/p+1. The molecule has 2 N–H and O–H groups in total. The molecule has 2 amide bonds. The number of hydrogen-bond acceptors (Lipinski definition) is 2. The van der Waals surface area contributed by atoms with Crippen molar-refractivity contribution in [1.82, 2.24) is 4.90 Å². The summed E-state index contributed by atoms with van der Waals surface area (Å²) >= 11 is 6.08. The predicted octanol–water partition coefficient (Wildman–Crippen LogP) is 2.44. The van der Waals surface area contributed by atoms with Gasteiger partial charge in [-0.2, -0.15) is 0 Å². The fourth-order valence-electron chi connectivity index (χ4n) is 3.38. The molecule has 0 aliphatic carbocycles. The summed E-state index contributed by atoms with van der Waals surface area (Å²) in [4.78, 5) is 28.0. The molecule has 1 fully saturated rings. The van der Waals surface area contributed by atoms with Crippen molar-refractivity contribution in [2.45, 2.75) is 19.8 Å². The van der Waals surface area contributed by atoms with Gasteiger partial charge in [-0.3, -0.25) is 9.59 Å². The van der Waals surface area contributed by atoms with Crippen molar-refractivity contribution in [1.29, 1.82) is 0 Å². The van der Waals surface area contributed by atoms with Crippen LogP contribution in [0.5, 0.6) is 0 Å². The second-order valence-electron chi connectivity index (χ2n) is 7.52. The zero-order valence-corrected chi connectivity index (χ0v) is 17.1. The largest absolute Gasteiger partial charge is 0.327 e. The lowest BCUT2D eigenvalue weighted by Gasteiger charge is -2.32. The van der Waals surface area contributed by atoms with E-state index >= 15 is 0 Å². The van der Waals surface area contributed by atoms with E-state index in [4.69, 9.17) is 11.6 Å². The third-order valence-corrected chi connectivity index (χ3v) is 5.47. The van der Waals surface area contributed by atoms with Gasteiger partial charge in [0.05, 0.1) is 36.9 Å². The third-order valence-electron chi connectivity index (χ3n) is 5.14. The van der Waals surface area contributed by atoms with Crippen molar-refractivity contribution >= 4 is 29.1 Å². The van der Waals surface area contributed by atoms with E-state index in [1.807, 2.05) is 41.3 Å². The molecule has 1 aliphatic rings. The highest BCUT2D eigenvalue weighted by Crippen LogP contribution is 2.20. The normalized spacial score (nSPS) is 14.9. The van der Waals surface area contributed by atoms with Crippen LogP contribution in [0.3, 0.4) is 0 Å². The van der Waals surface area contributed by atoms with Crippen molar-refractivity contribution in [2.24, 2.45) is 0 Å². The van der Waals surface area contributed by atoms with E-state index in [1.54, 1.807) is 12.1 Å². The molecular formula is C22H27ClN3O2+. The Hall–Kier alpha value is -2.37. The highest BCUT2D eigenvalue weighted by molar-refractivity contribution is 6.33. The molecule has 1 saturated heterocycles. The Bertz CT molecular complexity index is 828. The number of halogens is 1. The number of carbonyl (C=O) groups excluding carboxylic acids is 2. The minimum Gasteiger partial charge on any atom is -0.327 e. The molecule has 148 valence electrons. The van der Waals surface area contributed by atoms with Crippen LogP contribution < -0.4 is 10.2 Å². The molecule has 0 bridgehead atoms. The predicted molar refractivity (Wildman–Crippen MR) is 112 cm³/mol. The van der Waals surface area contributed by atoms with Gasteiger partial charge in [0.15, 0.2) is 6.54 Å². The summed E-state index contributed by atoms with van der Waals surface area (Å²) < 4.78 is 0. The molecule has 0 unspecified atom stereocenters. The molecule has 0 atom stereocenters. The first-order valence-electron chi connectivity index (χ1n) is 9.71. The van der Waals surface area contributed by atoms with Crippen LogP contribution >= 0.6 is 11.6 Å². The Labute approximate surface area is 171 Å². The summed E-state index contributed by atoms with van der Waals surface area (Å²) in [6.07, 6.45) is 0. The van der Waals surface area contributed by atoms with Gasteiger partial charge in [-0.15, -0.1) is 0 Å². The Morgan fingerprint density at radius 3 is 2.32 bits per heavy atom. The summed E-state index contributed by atoms with van der Waals surface area (Å²) in [5.74, 6) is 0.454.